The molecule has 1 spiro atoms. The monoisotopic (exact) mass is 291 g/mol. The minimum Gasteiger partial charge on any atom is -0.376 e. The molecule has 2 aliphatic heterocycles. The van der Waals surface area contributed by atoms with Crippen molar-refractivity contribution in [2.45, 2.75) is 37.1 Å². The molecule has 4 rings (SSSR count). The Hall–Kier alpha value is -1.06. The lowest BCUT2D eigenvalue weighted by Gasteiger charge is -2.58. The van der Waals surface area contributed by atoms with Gasteiger partial charge >= 0.3 is 0 Å². The zero-order chi connectivity index (χ0) is 14.0. The molecule has 20 heavy (non-hydrogen) atoms. The van der Waals surface area contributed by atoms with Crippen molar-refractivity contribution in [2.24, 2.45) is 0 Å². The average molecular weight is 292 g/mol. The fourth-order valence-electron chi connectivity index (χ4n) is 3.64. The Balaban J connectivity index is 1.65. The number of ether oxygens (including phenoxy) is 1. The Labute approximate surface area is 123 Å². The molecule has 0 radical (unpaired) electrons. The van der Waals surface area contributed by atoms with Gasteiger partial charge in [-0.15, -0.1) is 0 Å². The van der Waals surface area contributed by atoms with Crippen LogP contribution in [-0.4, -0.2) is 36.1 Å². The van der Waals surface area contributed by atoms with E-state index in [-0.39, 0.29) is 11.0 Å². The average Bonchev–Trinajstić information content (AvgIpc) is 3.06. The lowest BCUT2D eigenvalue weighted by atomic mass is 9.79. The van der Waals surface area contributed by atoms with E-state index in [2.05, 4.69) is 4.90 Å². The number of benzene rings is 1. The molecule has 2 heterocycles. The highest BCUT2D eigenvalue weighted by Crippen LogP contribution is 2.53. The van der Waals surface area contributed by atoms with Crippen LogP contribution in [0.1, 0.15) is 30.4 Å². The van der Waals surface area contributed by atoms with E-state index in [0.29, 0.717) is 19.1 Å². The van der Waals surface area contributed by atoms with E-state index in [9.17, 15) is 4.79 Å². The summed E-state index contributed by atoms with van der Waals surface area (Å²) < 4.78 is 5.33. The number of aryl methyl sites for hydroxylation is 1. The van der Waals surface area contributed by atoms with Crippen molar-refractivity contribution < 1.29 is 9.53 Å². The first-order valence-electron chi connectivity index (χ1n) is 7.24. The van der Waals surface area contributed by atoms with Crippen molar-refractivity contribution in [3.8, 4) is 0 Å². The number of rotatable bonds is 2. The maximum Gasteiger partial charge on any atom is 0.233 e. The van der Waals surface area contributed by atoms with Gasteiger partial charge in [0.15, 0.2) is 0 Å². The summed E-state index contributed by atoms with van der Waals surface area (Å²) in [4.78, 5) is 15.1. The lowest BCUT2D eigenvalue weighted by molar-refractivity contribution is -0.201. The van der Waals surface area contributed by atoms with Crippen LogP contribution in [0.15, 0.2) is 18.2 Å². The third-order valence-corrected chi connectivity index (χ3v) is 5.46. The minimum atomic E-state index is -0.280. The molecule has 4 heteroatoms. The number of nitrogens with zero attached hydrogens (tertiary/aromatic N) is 1. The highest BCUT2D eigenvalue weighted by molar-refractivity contribution is 6.30. The summed E-state index contributed by atoms with van der Waals surface area (Å²) in [5, 5.41) is 0.738. The molecule has 3 nitrogen and oxygen atoms in total. The predicted octanol–water partition coefficient (Wildman–Crippen LogP) is 2.68. The van der Waals surface area contributed by atoms with Crippen molar-refractivity contribution in [2.75, 3.05) is 19.8 Å². The SMILES string of the molecule is Cc1cc(Cl)ccc1C1(C(=O)N2CCC23COC3)CC1. The highest BCUT2D eigenvalue weighted by atomic mass is 35.5. The van der Waals surface area contributed by atoms with E-state index in [4.69, 9.17) is 16.3 Å². The van der Waals surface area contributed by atoms with Gasteiger partial charge in [0.05, 0.1) is 24.2 Å². The number of carbonyl (C=O) groups excluding carboxylic acids is 1. The van der Waals surface area contributed by atoms with Crippen molar-refractivity contribution in [1.82, 2.24) is 4.90 Å². The summed E-state index contributed by atoms with van der Waals surface area (Å²) in [5.74, 6) is 0.303. The van der Waals surface area contributed by atoms with Crippen LogP contribution >= 0.6 is 11.6 Å². The van der Waals surface area contributed by atoms with Crippen LogP contribution in [0.3, 0.4) is 0 Å². The Kier molecular flexibility index (Phi) is 2.52. The topological polar surface area (TPSA) is 29.5 Å². The summed E-state index contributed by atoms with van der Waals surface area (Å²) in [6.45, 7) is 4.37. The van der Waals surface area contributed by atoms with Gasteiger partial charge in [0.2, 0.25) is 5.91 Å². The van der Waals surface area contributed by atoms with Gasteiger partial charge in [0.1, 0.15) is 0 Å². The summed E-state index contributed by atoms with van der Waals surface area (Å²) in [5.41, 5.74) is 2.04. The summed E-state index contributed by atoms with van der Waals surface area (Å²) >= 11 is 6.03. The molecule has 0 N–H and O–H groups in total. The standard InChI is InChI=1S/C16H18ClNO2/c1-11-8-12(17)2-3-13(11)16(4-5-16)14(19)18-7-6-15(18)9-20-10-15/h2-3,8H,4-7,9-10H2,1H3. The minimum absolute atomic E-state index is 0.0347. The second-order valence-electron chi connectivity index (χ2n) is 6.47. The molecule has 3 aliphatic rings. The van der Waals surface area contributed by atoms with Crippen LogP contribution in [0.2, 0.25) is 5.02 Å². The number of halogens is 1. The molecule has 106 valence electrons. The Morgan fingerprint density at radius 3 is 2.50 bits per heavy atom. The first-order valence-corrected chi connectivity index (χ1v) is 7.62. The molecule has 0 atom stereocenters. The molecule has 1 aromatic carbocycles. The van der Waals surface area contributed by atoms with Gasteiger partial charge in [-0.1, -0.05) is 17.7 Å². The van der Waals surface area contributed by atoms with E-state index < -0.39 is 0 Å². The van der Waals surface area contributed by atoms with Crippen molar-refractivity contribution in [3.05, 3.63) is 34.3 Å². The van der Waals surface area contributed by atoms with Crippen molar-refractivity contribution in [1.29, 1.82) is 0 Å². The quantitative estimate of drug-likeness (QED) is 0.838. The van der Waals surface area contributed by atoms with Gasteiger partial charge < -0.3 is 9.64 Å². The zero-order valence-electron chi connectivity index (χ0n) is 11.6. The highest BCUT2D eigenvalue weighted by Gasteiger charge is 2.61. The molecular weight excluding hydrogens is 274 g/mol. The third-order valence-electron chi connectivity index (χ3n) is 5.22. The number of hydrogen-bond donors (Lipinski definition) is 0. The molecule has 2 saturated heterocycles. The van der Waals surface area contributed by atoms with Gasteiger partial charge in [-0.05, 0) is 49.4 Å². The smallest absolute Gasteiger partial charge is 0.233 e. The van der Waals surface area contributed by atoms with Crippen LogP contribution in [0.4, 0.5) is 0 Å². The molecule has 0 bridgehead atoms. The van der Waals surface area contributed by atoms with E-state index in [1.165, 1.54) is 0 Å². The van der Waals surface area contributed by atoms with Crippen LogP contribution in [0.5, 0.6) is 0 Å². The second-order valence-corrected chi connectivity index (χ2v) is 6.90. The first-order chi connectivity index (χ1) is 9.57. The molecule has 0 aromatic heterocycles. The van der Waals surface area contributed by atoms with Crippen molar-refractivity contribution in [3.63, 3.8) is 0 Å². The molecule has 1 aliphatic carbocycles. The van der Waals surface area contributed by atoms with E-state index >= 15 is 0 Å². The van der Waals surface area contributed by atoms with Crippen LogP contribution in [-0.2, 0) is 14.9 Å². The Bertz CT molecular complexity index is 585. The lowest BCUT2D eigenvalue weighted by Crippen LogP contribution is -2.73. The van der Waals surface area contributed by atoms with Gasteiger partial charge in [-0.3, -0.25) is 4.79 Å². The van der Waals surface area contributed by atoms with Gasteiger partial charge in [0.25, 0.3) is 0 Å². The number of hydrogen-bond acceptors (Lipinski definition) is 2. The molecule has 1 aromatic rings. The first kappa shape index (κ1) is 12.7. The Morgan fingerprint density at radius 1 is 1.30 bits per heavy atom. The molecule has 3 fully saturated rings. The van der Waals surface area contributed by atoms with Gasteiger partial charge in [-0.2, -0.15) is 0 Å². The molecule has 1 amide bonds. The third kappa shape index (κ3) is 1.54. The Morgan fingerprint density at radius 2 is 2.05 bits per heavy atom. The zero-order valence-corrected chi connectivity index (χ0v) is 12.4. The van der Waals surface area contributed by atoms with Gasteiger partial charge in [-0.25, -0.2) is 0 Å². The molecular formula is C16H18ClNO2. The number of amides is 1. The van der Waals surface area contributed by atoms with E-state index in [1.54, 1.807) is 0 Å². The predicted molar refractivity (Wildman–Crippen MR) is 77.0 cm³/mol. The normalized spacial score (nSPS) is 25.0. The van der Waals surface area contributed by atoms with Crippen LogP contribution in [0.25, 0.3) is 0 Å². The fourth-order valence-corrected chi connectivity index (χ4v) is 3.87. The second kappa shape index (κ2) is 3.99. The van der Waals surface area contributed by atoms with Gasteiger partial charge in [0, 0.05) is 11.6 Å². The summed E-state index contributed by atoms with van der Waals surface area (Å²) in [6.07, 6.45) is 3.01. The fraction of sp³-hybridized carbons (Fsp3) is 0.562. The summed E-state index contributed by atoms with van der Waals surface area (Å²) in [7, 11) is 0. The van der Waals surface area contributed by atoms with Crippen LogP contribution in [0, 0.1) is 6.92 Å². The van der Waals surface area contributed by atoms with E-state index in [0.717, 1.165) is 42.0 Å². The summed E-state index contributed by atoms with van der Waals surface area (Å²) in [6, 6.07) is 5.89. The maximum atomic E-state index is 13.0. The largest absolute Gasteiger partial charge is 0.376 e. The number of carbonyl (C=O) groups is 1. The van der Waals surface area contributed by atoms with Crippen molar-refractivity contribution >= 4 is 17.5 Å². The van der Waals surface area contributed by atoms with Crippen LogP contribution < -0.4 is 0 Å². The molecule has 0 unspecified atom stereocenters. The van der Waals surface area contributed by atoms with E-state index in [1.807, 2.05) is 25.1 Å². The molecule has 1 saturated carbocycles. The number of likely N-dealkylation sites (tertiary alicyclic amines) is 1. The maximum absolute atomic E-state index is 13.0.